The molecular weight excluding hydrogens is 400 g/mol. The topological polar surface area (TPSA) is 120 Å². The molecule has 0 aromatic carbocycles. The van der Waals surface area contributed by atoms with Crippen molar-refractivity contribution in [3.63, 3.8) is 0 Å². The predicted octanol–water partition coefficient (Wildman–Crippen LogP) is 2.43. The van der Waals surface area contributed by atoms with Gasteiger partial charge in [0.15, 0.2) is 0 Å². The number of amides is 4. The molecule has 1 spiro atoms. The molecule has 2 aliphatic carbocycles. The van der Waals surface area contributed by atoms with Crippen LogP contribution in [0.5, 0.6) is 0 Å². The van der Waals surface area contributed by atoms with Crippen molar-refractivity contribution in [2.24, 2.45) is 11.3 Å². The van der Waals surface area contributed by atoms with Gasteiger partial charge in [0.25, 0.3) is 5.91 Å². The summed E-state index contributed by atoms with van der Waals surface area (Å²) in [6.45, 7) is 5.59. The Labute approximate surface area is 183 Å². The van der Waals surface area contributed by atoms with Crippen LogP contribution in [0, 0.1) is 11.3 Å². The highest BCUT2D eigenvalue weighted by molar-refractivity contribution is 6.00. The standard InChI is InChI=1S/C22H36N4O5/c1-2-31-12-7-19(27)25-20(28)23-17-5-3-16(4-6-17)15-26-10-8-22(9-11-26)13-18(14-22)24-21(29)30/h7,12,16-18,24H,2-6,8-11,13-15H2,1H3,(H,29,30)(H2,23,25,27,28). The first kappa shape index (κ1) is 23.4. The maximum absolute atomic E-state index is 12.0. The fourth-order valence-corrected chi connectivity index (χ4v) is 5.32. The molecule has 4 N–H and O–H groups in total. The van der Waals surface area contributed by atoms with Crippen LogP contribution in [0.15, 0.2) is 12.3 Å². The minimum absolute atomic E-state index is 0.109. The van der Waals surface area contributed by atoms with Crippen LogP contribution in [-0.4, -0.2) is 66.4 Å². The lowest BCUT2D eigenvalue weighted by Gasteiger charge is -2.52. The summed E-state index contributed by atoms with van der Waals surface area (Å²) in [6.07, 6.45) is 9.88. The lowest BCUT2D eigenvalue weighted by molar-refractivity contribution is -0.115. The lowest BCUT2D eigenvalue weighted by atomic mass is 9.60. The third-order valence-corrected chi connectivity index (χ3v) is 7.02. The number of hydrogen-bond donors (Lipinski definition) is 4. The summed E-state index contributed by atoms with van der Waals surface area (Å²) in [5.41, 5.74) is 0.355. The number of urea groups is 1. The van der Waals surface area contributed by atoms with Crippen molar-refractivity contribution in [3.05, 3.63) is 12.3 Å². The highest BCUT2D eigenvalue weighted by Gasteiger charge is 2.46. The highest BCUT2D eigenvalue weighted by atomic mass is 16.5. The van der Waals surface area contributed by atoms with Crippen molar-refractivity contribution in [3.8, 4) is 0 Å². The van der Waals surface area contributed by atoms with Crippen LogP contribution in [0.2, 0.25) is 0 Å². The van der Waals surface area contributed by atoms with E-state index >= 15 is 0 Å². The fourth-order valence-electron chi connectivity index (χ4n) is 5.32. The molecule has 2 saturated carbocycles. The maximum Gasteiger partial charge on any atom is 0.404 e. The van der Waals surface area contributed by atoms with Gasteiger partial charge in [-0.15, -0.1) is 0 Å². The molecule has 3 aliphatic rings. The summed E-state index contributed by atoms with van der Waals surface area (Å²) in [4.78, 5) is 36.9. The van der Waals surface area contributed by atoms with E-state index in [-0.39, 0.29) is 12.1 Å². The van der Waals surface area contributed by atoms with E-state index in [1.54, 1.807) is 0 Å². The second-order valence-corrected chi connectivity index (χ2v) is 9.29. The van der Waals surface area contributed by atoms with E-state index in [9.17, 15) is 14.4 Å². The summed E-state index contributed by atoms with van der Waals surface area (Å²) in [6, 6.07) is -0.203. The molecule has 1 heterocycles. The SMILES string of the molecule is CCOC=CC(=O)NC(=O)NC1CCC(CN2CCC3(CC2)CC(NC(=O)O)C3)CC1. The van der Waals surface area contributed by atoms with E-state index in [4.69, 9.17) is 9.84 Å². The molecule has 0 aromatic rings. The van der Waals surface area contributed by atoms with Crippen LogP contribution < -0.4 is 16.0 Å². The van der Waals surface area contributed by atoms with Crippen molar-refractivity contribution >= 4 is 18.0 Å². The molecule has 9 nitrogen and oxygen atoms in total. The minimum atomic E-state index is -0.912. The Bertz CT molecular complexity index is 659. The number of ether oxygens (including phenoxy) is 1. The van der Waals surface area contributed by atoms with Gasteiger partial charge in [-0.25, -0.2) is 9.59 Å². The van der Waals surface area contributed by atoms with Crippen molar-refractivity contribution in [2.45, 2.75) is 70.4 Å². The Hall–Kier alpha value is -2.29. The van der Waals surface area contributed by atoms with Gasteiger partial charge in [-0.3, -0.25) is 10.1 Å². The van der Waals surface area contributed by atoms with Gasteiger partial charge in [0.1, 0.15) is 0 Å². The van der Waals surface area contributed by atoms with E-state index in [2.05, 4.69) is 20.9 Å². The second-order valence-electron chi connectivity index (χ2n) is 9.29. The van der Waals surface area contributed by atoms with Gasteiger partial charge in [0, 0.05) is 24.7 Å². The predicted molar refractivity (Wildman–Crippen MR) is 115 cm³/mol. The van der Waals surface area contributed by atoms with Crippen LogP contribution in [0.4, 0.5) is 9.59 Å². The number of rotatable bonds is 7. The van der Waals surface area contributed by atoms with E-state index < -0.39 is 18.0 Å². The molecule has 0 radical (unpaired) electrons. The number of likely N-dealkylation sites (tertiary alicyclic amines) is 1. The van der Waals surface area contributed by atoms with Crippen molar-refractivity contribution < 1.29 is 24.2 Å². The van der Waals surface area contributed by atoms with E-state index in [0.717, 1.165) is 71.0 Å². The molecule has 9 heteroatoms. The molecule has 0 unspecified atom stereocenters. The van der Waals surface area contributed by atoms with Gasteiger partial charge in [-0.1, -0.05) is 0 Å². The first-order valence-corrected chi connectivity index (χ1v) is 11.5. The van der Waals surface area contributed by atoms with Crippen molar-refractivity contribution in [1.82, 2.24) is 20.9 Å². The number of imide groups is 1. The molecule has 1 aliphatic heterocycles. The first-order chi connectivity index (χ1) is 14.9. The van der Waals surface area contributed by atoms with Gasteiger partial charge in [0.2, 0.25) is 0 Å². The van der Waals surface area contributed by atoms with Gasteiger partial charge in [-0.05, 0) is 82.7 Å². The van der Waals surface area contributed by atoms with Gasteiger partial charge in [-0.2, -0.15) is 0 Å². The highest BCUT2D eigenvalue weighted by Crippen LogP contribution is 2.49. The summed E-state index contributed by atoms with van der Waals surface area (Å²) in [5, 5.41) is 16.6. The third-order valence-electron chi connectivity index (χ3n) is 7.02. The monoisotopic (exact) mass is 436 g/mol. The smallest absolute Gasteiger partial charge is 0.404 e. The third kappa shape index (κ3) is 7.12. The molecule has 0 aromatic heterocycles. The van der Waals surface area contributed by atoms with E-state index in [0.29, 0.717) is 17.9 Å². The second kappa shape index (κ2) is 10.8. The number of nitrogens with one attached hydrogen (secondary N) is 3. The van der Waals surface area contributed by atoms with Crippen LogP contribution >= 0.6 is 0 Å². The Kier molecular flexibility index (Phi) is 8.17. The number of carbonyl (C=O) groups is 3. The average molecular weight is 437 g/mol. The van der Waals surface area contributed by atoms with Gasteiger partial charge in [0.05, 0.1) is 12.9 Å². The zero-order valence-corrected chi connectivity index (χ0v) is 18.4. The molecule has 3 fully saturated rings. The Balaban J connectivity index is 1.28. The van der Waals surface area contributed by atoms with Crippen LogP contribution in [0.1, 0.15) is 58.3 Å². The molecule has 31 heavy (non-hydrogen) atoms. The average Bonchev–Trinajstić information content (AvgIpc) is 2.69. The summed E-state index contributed by atoms with van der Waals surface area (Å²) < 4.78 is 4.95. The largest absolute Gasteiger partial charge is 0.501 e. The molecular formula is C22H36N4O5. The van der Waals surface area contributed by atoms with Crippen molar-refractivity contribution in [2.75, 3.05) is 26.2 Å². The van der Waals surface area contributed by atoms with Crippen LogP contribution in [-0.2, 0) is 9.53 Å². The zero-order valence-electron chi connectivity index (χ0n) is 18.4. The van der Waals surface area contributed by atoms with E-state index in [1.807, 2.05) is 6.92 Å². The number of carboxylic acid groups (broad SMARTS) is 1. The quantitative estimate of drug-likeness (QED) is 0.359. The normalized spacial score (nSPS) is 26.2. The first-order valence-electron chi connectivity index (χ1n) is 11.5. The Morgan fingerprint density at radius 3 is 2.35 bits per heavy atom. The number of hydrogen-bond acceptors (Lipinski definition) is 5. The fraction of sp³-hybridized carbons (Fsp3) is 0.773. The number of piperidine rings is 1. The number of nitrogens with zero attached hydrogens (tertiary/aromatic N) is 1. The molecule has 1 saturated heterocycles. The molecule has 0 atom stereocenters. The minimum Gasteiger partial charge on any atom is -0.501 e. The van der Waals surface area contributed by atoms with Crippen LogP contribution in [0.3, 0.4) is 0 Å². The zero-order chi connectivity index (χ0) is 22.3. The van der Waals surface area contributed by atoms with Gasteiger partial charge < -0.3 is 25.4 Å². The lowest BCUT2D eigenvalue weighted by Crippen LogP contribution is -2.55. The molecule has 3 rings (SSSR count). The molecule has 4 amide bonds. The Morgan fingerprint density at radius 2 is 1.74 bits per heavy atom. The van der Waals surface area contributed by atoms with Gasteiger partial charge >= 0.3 is 12.1 Å². The van der Waals surface area contributed by atoms with Crippen molar-refractivity contribution in [1.29, 1.82) is 0 Å². The van der Waals surface area contributed by atoms with E-state index in [1.165, 1.54) is 12.3 Å². The molecule has 174 valence electrons. The summed E-state index contributed by atoms with van der Waals surface area (Å²) in [5.74, 6) is 0.160. The van der Waals surface area contributed by atoms with Crippen LogP contribution in [0.25, 0.3) is 0 Å². The summed E-state index contributed by atoms with van der Waals surface area (Å²) >= 11 is 0. The summed E-state index contributed by atoms with van der Waals surface area (Å²) in [7, 11) is 0. The number of carbonyl (C=O) groups excluding carboxylic acids is 2. The molecule has 0 bridgehead atoms. The Morgan fingerprint density at radius 1 is 1.06 bits per heavy atom. The maximum atomic E-state index is 12.0.